The van der Waals surface area contributed by atoms with Crippen molar-refractivity contribution in [3.05, 3.63) is 70.7 Å². The average molecular weight is 366 g/mol. The minimum absolute atomic E-state index is 0.0513. The first-order chi connectivity index (χ1) is 9.97. The Morgan fingerprint density at radius 1 is 1.00 bits per heavy atom. The lowest BCUT2D eigenvalue weighted by atomic mass is 10.2. The van der Waals surface area contributed by atoms with Crippen LogP contribution >= 0.6 is 15.9 Å². The van der Waals surface area contributed by atoms with Gasteiger partial charge in [-0.05, 0) is 35.9 Å². The molecule has 2 aromatic carbocycles. The minimum atomic E-state index is -3.83. The Kier molecular flexibility index (Phi) is 4.93. The van der Waals surface area contributed by atoms with Crippen molar-refractivity contribution in [1.29, 1.82) is 0 Å². The van der Waals surface area contributed by atoms with Gasteiger partial charge >= 0.3 is 0 Å². The number of benzene rings is 2. The molecular formula is C15H12BrNO3S. The number of sulfonamides is 1. The summed E-state index contributed by atoms with van der Waals surface area (Å²) in [4.78, 5) is 11.7. The quantitative estimate of drug-likeness (QED) is 0.847. The van der Waals surface area contributed by atoms with E-state index in [0.29, 0.717) is 0 Å². The molecule has 2 aromatic rings. The van der Waals surface area contributed by atoms with Crippen LogP contribution in [0.3, 0.4) is 0 Å². The second kappa shape index (κ2) is 6.69. The Hall–Kier alpha value is -1.92. The van der Waals surface area contributed by atoms with Gasteiger partial charge in [0.2, 0.25) is 0 Å². The zero-order chi connectivity index (χ0) is 15.3. The Balaban J connectivity index is 2.06. The maximum Gasteiger partial charge on any atom is 0.264 e. The van der Waals surface area contributed by atoms with Gasteiger partial charge in [-0.1, -0.05) is 46.3 Å². The Morgan fingerprint density at radius 2 is 1.62 bits per heavy atom. The first kappa shape index (κ1) is 15.5. The fraction of sp³-hybridized carbons (Fsp3) is 0. The van der Waals surface area contributed by atoms with Gasteiger partial charge in [0.15, 0.2) is 0 Å². The number of hydrogen-bond acceptors (Lipinski definition) is 3. The molecule has 6 heteroatoms. The summed E-state index contributed by atoms with van der Waals surface area (Å²) < 4.78 is 26.8. The molecule has 1 N–H and O–H groups in total. The largest absolute Gasteiger partial charge is 0.269 e. The van der Waals surface area contributed by atoms with Crippen molar-refractivity contribution in [3.63, 3.8) is 0 Å². The van der Waals surface area contributed by atoms with Gasteiger partial charge in [-0.25, -0.2) is 13.1 Å². The summed E-state index contributed by atoms with van der Waals surface area (Å²) in [5, 5.41) is 0. The van der Waals surface area contributed by atoms with Crippen LogP contribution in [-0.2, 0) is 14.8 Å². The van der Waals surface area contributed by atoms with E-state index in [1.54, 1.807) is 36.4 Å². The molecule has 0 aliphatic rings. The molecular weight excluding hydrogens is 354 g/mol. The molecule has 0 saturated carbocycles. The molecule has 0 bridgehead atoms. The van der Waals surface area contributed by atoms with E-state index in [4.69, 9.17) is 0 Å². The van der Waals surface area contributed by atoms with E-state index in [2.05, 4.69) is 15.9 Å². The smallest absolute Gasteiger partial charge is 0.264 e. The van der Waals surface area contributed by atoms with Crippen molar-refractivity contribution in [1.82, 2.24) is 4.72 Å². The number of nitrogens with one attached hydrogen (secondary N) is 1. The number of hydrogen-bond donors (Lipinski definition) is 1. The lowest BCUT2D eigenvalue weighted by Crippen LogP contribution is -2.28. The summed E-state index contributed by atoms with van der Waals surface area (Å²) in [6.45, 7) is 0. The molecule has 0 aliphatic carbocycles. The normalized spacial score (nSPS) is 11.5. The Morgan fingerprint density at radius 3 is 2.24 bits per heavy atom. The highest BCUT2D eigenvalue weighted by atomic mass is 79.9. The number of carbonyl (C=O) groups excluding carboxylic acids is 1. The fourth-order valence-electron chi connectivity index (χ4n) is 1.57. The van der Waals surface area contributed by atoms with E-state index in [0.717, 1.165) is 10.0 Å². The van der Waals surface area contributed by atoms with Crippen molar-refractivity contribution < 1.29 is 13.2 Å². The highest BCUT2D eigenvalue weighted by Crippen LogP contribution is 2.11. The first-order valence-electron chi connectivity index (χ1n) is 6.03. The van der Waals surface area contributed by atoms with E-state index < -0.39 is 15.9 Å². The van der Waals surface area contributed by atoms with Gasteiger partial charge in [-0.3, -0.25) is 4.79 Å². The maximum absolute atomic E-state index is 11.9. The molecule has 2 rings (SSSR count). The number of amides is 1. The third-order valence-electron chi connectivity index (χ3n) is 2.59. The molecule has 0 spiro atoms. The van der Waals surface area contributed by atoms with E-state index in [1.807, 2.05) is 16.9 Å². The predicted octanol–water partition coefficient (Wildman–Crippen LogP) is 2.97. The summed E-state index contributed by atoms with van der Waals surface area (Å²) in [5.41, 5.74) is 0.797. The van der Waals surface area contributed by atoms with Gasteiger partial charge in [0.25, 0.3) is 15.9 Å². The molecule has 0 atom stereocenters. The third kappa shape index (κ3) is 4.54. The molecule has 0 fully saturated rings. The summed E-state index contributed by atoms with van der Waals surface area (Å²) >= 11 is 3.31. The maximum atomic E-state index is 11.9. The molecule has 0 aromatic heterocycles. The molecule has 0 radical (unpaired) electrons. The summed E-state index contributed by atoms with van der Waals surface area (Å²) in [6.07, 6.45) is 2.73. The van der Waals surface area contributed by atoms with E-state index in [-0.39, 0.29) is 4.90 Å². The van der Waals surface area contributed by atoms with Crippen molar-refractivity contribution in [3.8, 4) is 0 Å². The second-order valence-corrected chi connectivity index (χ2v) is 6.77. The van der Waals surface area contributed by atoms with E-state index in [9.17, 15) is 13.2 Å². The molecule has 4 nitrogen and oxygen atoms in total. The van der Waals surface area contributed by atoms with Crippen LogP contribution in [0, 0.1) is 0 Å². The predicted molar refractivity (Wildman–Crippen MR) is 84.9 cm³/mol. The minimum Gasteiger partial charge on any atom is -0.269 e. The molecule has 0 saturated heterocycles. The topological polar surface area (TPSA) is 63.2 Å². The van der Waals surface area contributed by atoms with Gasteiger partial charge < -0.3 is 0 Å². The summed E-state index contributed by atoms with van der Waals surface area (Å²) in [6, 6.07) is 15.0. The number of halogens is 1. The fourth-order valence-corrected chi connectivity index (χ4v) is 2.80. The van der Waals surface area contributed by atoms with Gasteiger partial charge in [-0.15, -0.1) is 0 Å². The van der Waals surface area contributed by atoms with Crippen LogP contribution in [-0.4, -0.2) is 14.3 Å². The van der Waals surface area contributed by atoms with Crippen molar-refractivity contribution in [2.45, 2.75) is 4.90 Å². The third-order valence-corrected chi connectivity index (χ3v) is 4.48. The number of carbonyl (C=O) groups is 1. The highest BCUT2D eigenvalue weighted by Gasteiger charge is 2.15. The SMILES string of the molecule is O=C(/C=C/c1ccc(Br)cc1)NS(=O)(=O)c1ccccc1. The average Bonchev–Trinajstić information content (AvgIpc) is 2.47. The van der Waals surface area contributed by atoms with Crippen LogP contribution in [0.4, 0.5) is 0 Å². The molecule has 108 valence electrons. The summed E-state index contributed by atoms with van der Waals surface area (Å²) in [7, 11) is -3.83. The van der Waals surface area contributed by atoms with E-state index in [1.165, 1.54) is 18.2 Å². The molecule has 0 heterocycles. The van der Waals surface area contributed by atoms with Crippen molar-refractivity contribution >= 4 is 37.9 Å². The monoisotopic (exact) mass is 365 g/mol. The molecule has 21 heavy (non-hydrogen) atoms. The zero-order valence-electron chi connectivity index (χ0n) is 10.9. The van der Waals surface area contributed by atoms with Crippen molar-refractivity contribution in [2.24, 2.45) is 0 Å². The van der Waals surface area contributed by atoms with Crippen LogP contribution in [0.2, 0.25) is 0 Å². The van der Waals surface area contributed by atoms with Crippen LogP contribution < -0.4 is 4.72 Å². The highest BCUT2D eigenvalue weighted by molar-refractivity contribution is 9.10. The van der Waals surface area contributed by atoms with Crippen LogP contribution in [0.5, 0.6) is 0 Å². The lowest BCUT2D eigenvalue weighted by Gasteiger charge is -2.04. The van der Waals surface area contributed by atoms with Gasteiger partial charge in [-0.2, -0.15) is 0 Å². The number of rotatable bonds is 4. The van der Waals surface area contributed by atoms with Crippen LogP contribution in [0.25, 0.3) is 6.08 Å². The van der Waals surface area contributed by atoms with E-state index >= 15 is 0 Å². The Labute approximate surface area is 131 Å². The van der Waals surface area contributed by atoms with Crippen molar-refractivity contribution in [2.75, 3.05) is 0 Å². The molecule has 0 aliphatic heterocycles. The lowest BCUT2D eigenvalue weighted by molar-refractivity contribution is -0.114. The van der Waals surface area contributed by atoms with Crippen LogP contribution in [0.1, 0.15) is 5.56 Å². The van der Waals surface area contributed by atoms with Gasteiger partial charge in [0.1, 0.15) is 0 Å². The van der Waals surface area contributed by atoms with Gasteiger partial charge in [0.05, 0.1) is 4.90 Å². The van der Waals surface area contributed by atoms with Crippen LogP contribution in [0.15, 0.2) is 70.0 Å². The zero-order valence-corrected chi connectivity index (χ0v) is 13.3. The molecule has 1 amide bonds. The first-order valence-corrected chi connectivity index (χ1v) is 8.30. The standard InChI is InChI=1S/C15H12BrNO3S/c16-13-9-6-12(7-10-13)8-11-15(18)17-21(19,20)14-4-2-1-3-5-14/h1-11H,(H,17,18)/b11-8+. The second-order valence-electron chi connectivity index (χ2n) is 4.17. The van der Waals surface area contributed by atoms with Gasteiger partial charge in [0, 0.05) is 10.5 Å². The summed E-state index contributed by atoms with van der Waals surface area (Å²) in [5.74, 6) is -0.693. The molecule has 0 unspecified atom stereocenters. The Bertz CT molecular complexity index is 753.